The summed E-state index contributed by atoms with van der Waals surface area (Å²) in [6.07, 6.45) is 3.01. The highest BCUT2D eigenvalue weighted by atomic mass is 35.5. The van der Waals surface area contributed by atoms with Gasteiger partial charge >= 0.3 is 5.69 Å². The molecule has 8 nitrogen and oxygen atoms in total. The molecule has 0 unspecified atom stereocenters. The topological polar surface area (TPSA) is 88.3 Å². The van der Waals surface area contributed by atoms with Gasteiger partial charge in [0.15, 0.2) is 5.13 Å². The maximum Gasteiger partial charge on any atom is 0.348 e. The second-order valence-corrected chi connectivity index (χ2v) is 5.61. The lowest BCUT2D eigenvalue weighted by Crippen LogP contribution is -2.47. The molecule has 0 atom stereocenters. The lowest BCUT2D eigenvalue weighted by atomic mass is 10.3. The van der Waals surface area contributed by atoms with Crippen LogP contribution in [0.3, 0.4) is 0 Å². The minimum Gasteiger partial charge on any atom is -0.347 e. The molecule has 0 aliphatic carbocycles. The van der Waals surface area contributed by atoms with Gasteiger partial charge in [0.1, 0.15) is 6.33 Å². The van der Waals surface area contributed by atoms with E-state index in [2.05, 4.69) is 19.9 Å². The molecule has 0 spiro atoms. The zero-order chi connectivity index (χ0) is 14.8. The van der Waals surface area contributed by atoms with Gasteiger partial charge in [-0.2, -0.15) is 0 Å². The minimum absolute atomic E-state index is 0.132. The van der Waals surface area contributed by atoms with Crippen LogP contribution in [0.15, 0.2) is 17.9 Å². The summed E-state index contributed by atoms with van der Waals surface area (Å²) in [5.74, 6) is 0.277. The third-order valence-corrected chi connectivity index (χ3v) is 4.32. The Balaban J connectivity index is 1.78. The van der Waals surface area contributed by atoms with E-state index >= 15 is 0 Å². The molecule has 10 heteroatoms. The molecule has 3 heterocycles. The first-order valence-electron chi connectivity index (χ1n) is 6.21. The summed E-state index contributed by atoms with van der Waals surface area (Å²) in [7, 11) is 0. The van der Waals surface area contributed by atoms with E-state index in [0.29, 0.717) is 13.1 Å². The first-order valence-corrected chi connectivity index (χ1v) is 7.47. The monoisotopic (exact) mass is 326 g/mol. The zero-order valence-corrected chi connectivity index (χ0v) is 12.4. The Morgan fingerprint density at radius 2 is 1.90 bits per heavy atom. The van der Waals surface area contributed by atoms with Crippen molar-refractivity contribution in [2.24, 2.45) is 0 Å². The average Bonchev–Trinajstić information content (AvgIpc) is 3.01. The fourth-order valence-corrected chi connectivity index (χ4v) is 3.11. The fraction of sp³-hybridized carbons (Fsp3) is 0.364. The molecular formula is C11H11ClN6O2S. The van der Waals surface area contributed by atoms with Crippen LogP contribution in [0.2, 0.25) is 5.15 Å². The predicted molar refractivity (Wildman–Crippen MR) is 80.2 cm³/mol. The fourth-order valence-electron chi connectivity index (χ4n) is 2.22. The van der Waals surface area contributed by atoms with E-state index in [0.717, 1.165) is 18.2 Å². The third-order valence-electron chi connectivity index (χ3n) is 3.21. The van der Waals surface area contributed by atoms with Crippen LogP contribution in [0.1, 0.15) is 0 Å². The molecule has 21 heavy (non-hydrogen) atoms. The molecule has 0 amide bonds. The summed E-state index contributed by atoms with van der Waals surface area (Å²) in [6.45, 7) is 2.69. The maximum absolute atomic E-state index is 11.1. The highest BCUT2D eigenvalue weighted by Crippen LogP contribution is 2.32. The standard InChI is InChI=1S/C11H11ClN6O2S/c12-9-8(18(19)20)10(15-7-14-9)16-2-4-17(5-3-16)11-13-1-6-21-11/h1,6-7H,2-5H2. The van der Waals surface area contributed by atoms with E-state index in [1.54, 1.807) is 17.5 Å². The molecule has 0 N–H and O–H groups in total. The Labute approximate surface area is 129 Å². The number of anilines is 2. The molecule has 0 radical (unpaired) electrons. The van der Waals surface area contributed by atoms with Gasteiger partial charge in [0, 0.05) is 37.8 Å². The van der Waals surface area contributed by atoms with Gasteiger partial charge in [-0.3, -0.25) is 10.1 Å². The van der Waals surface area contributed by atoms with Crippen molar-refractivity contribution >= 4 is 39.6 Å². The van der Waals surface area contributed by atoms with E-state index in [1.165, 1.54) is 6.33 Å². The average molecular weight is 327 g/mol. The highest BCUT2D eigenvalue weighted by Gasteiger charge is 2.28. The van der Waals surface area contributed by atoms with Gasteiger partial charge in [0.2, 0.25) is 11.0 Å². The van der Waals surface area contributed by atoms with Crippen molar-refractivity contribution < 1.29 is 4.92 Å². The van der Waals surface area contributed by atoms with Crippen LogP contribution in [0.4, 0.5) is 16.6 Å². The molecule has 1 saturated heterocycles. The molecule has 1 aliphatic heterocycles. The van der Waals surface area contributed by atoms with Gasteiger partial charge in [-0.05, 0) is 0 Å². The number of thiazole rings is 1. The number of nitro groups is 1. The maximum atomic E-state index is 11.1. The van der Waals surface area contributed by atoms with Crippen LogP contribution in [-0.2, 0) is 0 Å². The van der Waals surface area contributed by atoms with E-state index < -0.39 is 4.92 Å². The van der Waals surface area contributed by atoms with Crippen LogP contribution in [-0.4, -0.2) is 46.1 Å². The normalized spacial score (nSPS) is 15.3. The van der Waals surface area contributed by atoms with Crippen molar-refractivity contribution in [3.8, 4) is 0 Å². The second-order valence-electron chi connectivity index (χ2n) is 4.38. The molecule has 0 saturated carbocycles. The van der Waals surface area contributed by atoms with Crippen LogP contribution in [0.5, 0.6) is 0 Å². The van der Waals surface area contributed by atoms with Crippen molar-refractivity contribution in [1.82, 2.24) is 15.0 Å². The van der Waals surface area contributed by atoms with E-state index in [4.69, 9.17) is 11.6 Å². The number of halogens is 1. The molecule has 1 aliphatic rings. The van der Waals surface area contributed by atoms with Gasteiger partial charge in [-0.15, -0.1) is 11.3 Å². The largest absolute Gasteiger partial charge is 0.348 e. The Morgan fingerprint density at radius 1 is 1.19 bits per heavy atom. The minimum atomic E-state index is -0.537. The smallest absolute Gasteiger partial charge is 0.347 e. The Bertz CT molecular complexity index is 644. The lowest BCUT2D eigenvalue weighted by molar-refractivity contribution is -0.384. The second kappa shape index (κ2) is 5.78. The van der Waals surface area contributed by atoms with Crippen molar-refractivity contribution in [2.75, 3.05) is 36.0 Å². The van der Waals surface area contributed by atoms with Gasteiger partial charge in [0.05, 0.1) is 4.92 Å². The summed E-state index contributed by atoms with van der Waals surface area (Å²) in [6, 6.07) is 0. The highest BCUT2D eigenvalue weighted by molar-refractivity contribution is 7.13. The molecule has 110 valence electrons. The van der Waals surface area contributed by atoms with Crippen LogP contribution >= 0.6 is 22.9 Å². The zero-order valence-electron chi connectivity index (χ0n) is 10.8. The molecule has 2 aromatic rings. The number of piperazine rings is 1. The van der Waals surface area contributed by atoms with E-state index in [1.807, 2.05) is 10.3 Å². The van der Waals surface area contributed by atoms with E-state index in [-0.39, 0.29) is 16.7 Å². The van der Waals surface area contributed by atoms with Crippen LogP contribution in [0, 0.1) is 10.1 Å². The quantitative estimate of drug-likeness (QED) is 0.483. The SMILES string of the molecule is O=[N+]([O-])c1c(Cl)ncnc1N1CCN(c2nccs2)CC1. The summed E-state index contributed by atoms with van der Waals surface area (Å²) in [4.78, 5) is 26.6. The summed E-state index contributed by atoms with van der Waals surface area (Å²) >= 11 is 7.39. The Hall–Kier alpha value is -2.00. The molecular weight excluding hydrogens is 316 g/mol. The number of hydrogen-bond acceptors (Lipinski definition) is 8. The third kappa shape index (κ3) is 2.74. The molecule has 0 bridgehead atoms. The number of aromatic nitrogens is 3. The van der Waals surface area contributed by atoms with Crippen molar-refractivity contribution in [1.29, 1.82) is 0 Å². The van der Waals surface area contributed by atoms with E-state index in [9.17, 15) is 10.1 Å². The molecule has 1 fully saturated rings. The van der Waals surface area contributed by atoms with Crippen LogP contribution < -0.4 is 9.80 Å². The summed E-state index contributed by atoms with van der Waals surface area (Å²) < 4.78 is 0. The first kappa shape index (κ1) is 14.0. The molecule has 0 aromatic carbocycles. The van der Waals surface area contributed by atoms with Crippen molar-refractivity contribution in [3.63, 3.8) is 0 Å². The first-order chi connectivity index (χ1) is 10.2. The number of rotatable bonds is 3. The summed E-state index contributed by atoms with van der Waals surface area (Å²) in [5, 5.41) is 13.9. The molecule has 3 rings (SSSR count). The lowest BCUT2D eigenvalue weighted by Gasteiger charge is -2.34. The van der Waals surface area contributed by atoms with Crippen LogP contribution in [0.25, 0.3) is 0 Å². The number of hydrogen-bond donors (Lipinski definition) is 0. The van der Waals surface area contributed by atoms with Crippen molar-refractivity contribution in [2.45, 2.75) is 0 Å². The number of nitrogens with zero attached hydrogens (tertiary/aromatic N) is 6. The molecule has 2 aromatic heterocycles. The van der Waals surface area contributed by atoms with Gasteiger partial charge in [-0.1, -0.05) is 11.6 Å². The van der Waals surface area contributed by atoms with Gasteiger partial charge in [0.25, 0.3) is 0 Å². The van der Waals surface area contributed by atoms with Gasteiger partial charge < -0.3 is 9.80 Å². The van der Waals surface area contributed by atoms with Gasteiger partial charge in [-0.25, -0.2) is 15.0 Å². The Morgan fingerprint density at radius 3 is 2.52 bits per heavy atom. The predicted octanol–water partition coefficient (Wildman–Crippen LogP) is 1.82. The Kier molecular flexibility index (Phi) is 3.84. The summed E-state index contributed by atoms with van der Waals surface area (Å²) in [5.41, 5.74) is -0.234. The van der Waals surface area contributed by atoms with Crippen molar-refractivity contribution in [3.05, 3.63) is 33.2 Å².